The van der Waals surface area contributed by atoms with Gasteiger partial charge < -0.3 is 9.76 Å². The number of hydrogen-bond acceptors (Lipinski definition) is 2. The normalized spacial score (nSPS) is 12.5. The summed E-state index contributed by atoms with van der Waals surface area (Å²) in [6.07, 6.45) is 1.56. The molecule has 1 rings (SSSR count). The Hall–Kier alpha value is -0.795. The quantitative estimate of drug-likeness (QED) is 0.694. The van der Waals surface area contributed by atoms with E-state index in [9.17, 15) is 0 Å². The largest absolute Gasteiger partial charge is 0.454 e. The number of benzene rings is 1. The first-order valence-corrected chi connectivity index (χ1v) is 4.42. The average Bonchev–Trinajstić information content (AvgIpc) is 2.21. The Balaban J connectivity index is 2.56. The lowest BCUT2D eigenvalue weighted by molar-refractivity contribution is 0.0996. The molecule has 1 N–H and O–H groups in total. The Morgan fingerprint density at radius 2 is 2.08 bits per heavy atom. The smallest absolute Gasteiger partial charge is 0.287 e. The number of methoxy groups -OCH3 is 1. The summed E-state index contributed by atoms with van der Waals surface area (Å²) in [6, 6.07) is 10.0. The topological polar surface area (TPSA) is 29.5 Å². The van der Waals surface area contributed by atoms with Gasteiger partial charge in [-0.3, -0.25) is 0 Å². The third kappa shape index (κ3) is 3.21. The molecule has 0 saturated carbocycles. The Kier molecular flexibility index (Phi) is 4.58. The molecule has 0 saturated heterocycles. The van der Waals surface area contributed by atoms with Crippen LogP contribution in [0.5, 0.6) is 0 Å². The standard InChI is InChI=1S/C10H14BO2/c1-13-10(7-8-11-12)9-5-3-2-4-6-9/h2-6,10,12H,7-8H2,1H3. The summed E-state index contributed by atoms with van der Waals surface area (Å²) in [5.74, 6) is 0. The van der Waals surface area contributed by atoms with Crippen molar-refractivity contribution in [2.45, 2.75) is 18.8 Å². The molecule has 13 heavy (non-hydrogen) atoms. The summed E-state index contributed by atoms with van der Waals surface area (Å²) in [7, 11) is 2.87. The maximum atomic E-state index is 8.58. The third-order valence-electron chi connectivity index (χ3n) is 2.01. The molecule has 1 radical (unpaired) electrons. The van der Waals surface area contributed by atoms with Crippen molar-refractivity contribution >= 4 is 7.48 Å². The van der Waals surface area contributed by atoms with Crippen LogP contribution in [-0.4, -0.2) is 19.6 Å². The maximum absolute atomic E-state index is 8.58. The van der Waals surface area contributed by atoms with Crippen LogP contribution in [0.4, 0.5) is 0 Å². The highest BCUT2D eigenvalue weighted by Crippen LogP contribution is 2.21. The van der Waals surface area contributed by atoms with Gasteiger partial charge in [0.15, 0.2) is 0 Å². The molecule has 1 unspecified atom stereocenters. The third-order valence-corrected chi connectivity index (χ3v) is 2.01. The van der Waals surface area contributed by atoms with Gasteiger partial charge in [0.05, 0.1) is 6.10 Å². The van der Waals surface area contributed by atoms with Crippen LogP contribution in [0.1, 0.15) is 18.1 Å². The lowest BCUT2D eigenvalue weighted by atomic mass is 9.90. The van der Waals surface area contributed by atoms with Crippen LogP contribution in [0, 0.1) is 0 Å². The van der Waals surface area contributed by atoms with E-state index in [1.54, 1.807) is 7.11 Å². The van der Waals surface area contributed by atoms with Gasteiger partial charge >= 0.3 is 0 Å². The Bertz CT molecular complexity index is 226. The van der Waals surface area contributed by atoms with E-state index in [1.807, 2.05) is 30.3 Å². The van der Waals surface area contributed by atoms with Crippen LogP contribution in [0.2, 0.25) is 6.32 Å². The van der Waals surface area contributed by atoms with E-state index in [2.05, 4.69) is 0 Å². The van der Waals surface area contributed by atoms with Crippen LogP contribution >= 0.6 is 0 Å². The molecule has 0 aromatic heterocycles. The summed E-state index contributed by atoms with van der Waals surface area (Å²) in [4.78, 5) is 0. The molecule has 3 heteroatoms. The first kappa shape index (κ1) is 10.3. The highest BCUT2D eigenvalue weighted by molar-refractivity contribution is 6.25. The summed E-state index contributed by atoms with van der Waals surface area (Å²) in [5, 5.41) is 8.58. The molecule has 69 valence electrons. The van der Waals surface area contributed by atoms with Gasteiger partial charge in [0.1, 0.15) is 0 Å². The highest BCUT2D eigenvalue weighted by Gasteiger charge is 2.08. The van der Waals surface area contributed by atoms with Crippen molar-refractivity contribution < 1.29 is 9.76 Å². The van der Waals surface area contributed by atoms with E-state index < -0.39 is 0 Å². The number of rotatable bonds is 5. The molecule has 0 spiro atoms. The van der Waals surface area contributed by atoms with Crippen molar-refractivity contribution in [1.29, 1.82) is 0 Å². The number of ether oxygens (including phenoxy) is 1. The molecule has 0 heterocycles. The SMILES string of the molecule is COC(CC[B]O)c1ccccc1. The van der Waals surface area contributed by atoms with E-state index in [0.29, 0.717) is 6.32 Å². The molecular weight excluding hydrogens is 163 g/mol. The van der Waals surface area contributed by atoms with Gasteiger partial charge in [-0.25, -0.2) is 0 Å². The monoisotopic (exact) mass is 177 g/mol. The predicted molar refractivity (Wildman–Crippen MR) is 53.6 cm³/mol. The second-order valence-corrected chi connectivity index (χ2v) is 2.89. The van der Waals surface area contributed by atoms with Gasteiger partial charge in [0, 0.05) is 7.11 Å². The minimum Gasteiger partial charge on any atom is -0.454 e. The van der Waals surface area contributed by atoms with Crippen molar-refractivity contribution in [2.75, 3.05) is 7.11 Å². The second-order valence-electron chi connectivity index (χ2n) is 2.89. The minimum absolute atomic E-state index is 0.0876. The summed E-state index contributed by atoms with van der Waals surface area (Å²) >= 11 is 0. The predicted octanol–water partition coefficient (Wildman–Crippen LogP) is 1.79. The average molecular weight is 177 g/mol. The van der Waals surface area contributed by atoms with E-state index in [0.717, 1.165) is 12.0 Å². The lowest BCUT2D eigenvalue weighted by Gasteiger charge is -2.14. The van der Waals surface area contributed by atoms with E-state index in [1.165, 1.54) is 7.48 Å². The molecular formula is C10H14BO2. The first-order chi connectivity index (χ1) is 6.38. The van der Waals surface area contributed by atoms with Crippen LogP contribution in [-0.2, 0) is 4.74 Å². The molecule has 0 amide bonds. The first-order valence-electron chi connectivity index (χ1n) is 4.42. The fourth-order valence-electron chi connectivity index (χ4n) is 1.31. The second kappa shape index (κ2) is 5.78. The van der Waals surface area contributed by atoms with Gasteiger partial charge in [0.2, 0.25) is 0 Å². The molecule has 0 bridgehead atoms. The van der Waals surface area contributed by atoms with Gasteiger partial charge in [-0.1, -0.05) is 30.3 Å². The Labute approximate surface area is 79.8 Å². The zero-order valence-electron chi connectivity index (χ0n) is 7.81. The Morgan fingerprint density at radius 3 is 2.62 bits per heavy atom. The molecule has 2 nitrogen and oxygen atoms in total. The molecule has 1 aromatic carbocycles. The van der Waals surface area contributed by atoms with Gasteiger partial charge in [-0.05, 0) is 18.3 Å². The number of hydrogen-bond donors (Lipinski definition) is 1. The van der Waals surface area contributed by atoms with E-state index in [-0.39, 0.29) is 6.10 Å². The zero-order valence-corrected chi connectivity index (χ0v) is 7.81. The zero-order chi connectivity index (χ0) is 9.52. The fourth-order valence-corrected chi connectivity index (χ4v) is 1.31. The molecule has 1 aromatic rings. The summed E-state index contributed by atoms with van der Waals surface area (Å²) in [6.45, 7) is 0. The van der Waals surface area contributed by atoms with Gasteiger partial charge in [-0.2, -0.15) is 0 Å². The van der Waals surface area contributed by atoms with Gasteiger partial charge in [-0.15, -0.1) is 0 Å². The summed E-state index contributed by atoms with van der Waals surface area (Å²) in [5.41, 5.74) is 1.16. The molecule has 0 aliphatic carbocycles. The molecule has 0 fully saturated rings. The van der Waals surface area contributed by atoms with Crippen molar-refractivity contribution in [2.24, 2.45) is 0 Å². The minimum atomic E-state index is 0.0876. The van der Waals surface area contributed by atoms with Crippen molar-refractivity contribution in [3.8, 4) is 0 Å². The summed E-state index contributed by atoms with van der Waals surface area (Å²) < 4.78 is 5.31. The fraction of sp³-hybridized carbons (Fsp3) is 0.400. The van der Waals surface area contributed by atoms with Crippen molar-refractivity contribution in [3.63, 3.8) is 0 Å². The maximum Gasteiger partial charge on any atom is 0.287 e. The van der Waals surface area contributed by atoms with Crippen LogP contribution in [0.15, 0.2) is 30.3 Å². The van der Waals surface area contributed by atoms with Crippen molar-refractivity contribution in [3.05, 3.63) is 35.9 Å². The molecule has 1 atom stereocenters. The van der Waals surface area contributed by atoms with E-state index >= 15 is 0 Å². The van der Waals surface area contributed by atoms with Crippen LogP contribution in [0.3, 0.4) is 0 Å². The molecule has 0 aliphatic rings. The molecule has 0 aliphatic heterocycles. The van der Waals surface area contributed by atoms with Crippen LogP contribution < -0.4 is 0 Å². The van der Waals surface area contributed by atoms with Crippen LogP contribution in [0.25, 0.3) is 0 Å². The Morgan fingerprint density at radius 1 is 1.38 bits per heavy atom. The van der Waals surface area contributed by atoms with E-state index in [4.69, 9.17) is 9.76 Å². The van der Waals surface area contributed by atoms with Crippen molar-refractivity contribution in [1.82, 2.24) is 0 Å². The lowest BCUT2D eigenvalue weighted by Crippen LogP contribution is -2.02. The highest BCUT2D eigenvalue weighted by atomic mass is 16.5. The van der Waals surface area contributed by atoms with Gasteiger partial charge in [0.25, 0.3) is 7.48 Å².